The van der Waals surface area contributed by atoms with Gasteiger partial charge in [0, 0.05) is 0 Å². The summed E-state index contributed by atoms with van der Waals surface area (Å²) < 4.78 is 49.2. The Morgan fingerprint density at radius 1 is 0.897 bits per heavy atom. The van der Waals surface area contributed by atoms with Crippen LogP contribution in [0.4, 0.5) is 8.78 Å². The number of hydrogen-bond donors (Lipinski definition) is 0. The maximum atomic E-state index is 15.9. The van der Waals surface area contributed by atoms with Gasteiger partial charge in [-0.15, -0.1) is 0 Å². The first-order valence-electron chi connectivity index (χ1n) is 14.6. The number of hydrogen-bond acceptors (Lipinski definition) is 3. The molecule has 8 heteroatoms. The van der Waals surface area contributed by atoms with Crippen molar-refractivity contribution in [1.82, 2.24) is 4.98 Å². The Labute approximate surface area is 250 Å². The molecule has 1 aromatic heterocycles. The van der Waals surface area contributed by atoms with Crippen LogP contribution in [0.15, 0.2) is 28.7 Å². The van der Waals surface area contributed by atoms with Crippen LogP contribution in [0.3, 0.4) is 0 Å². The second-order valence-electron chi connectivity index (χ2n) is 12.4. The molecule has 3 nitrogen and oxygen atoms in total. The molecule has 0 saturated carbocycles. The van der Waals surface area contributed by atoms with Crippen LogP contribution in [0.1, 0.15) is 97.3 Å². The van der Waals surface area contributed by atoms with Gasteiger partial charge in [-0.05, 0) is 0 Å². The van der Waals surface area contributed by atoms with Gasteiger partial charge in [0.05, 0.1) is 0 Å². The monoisotopic (exact) mass is 733 g/mol. The van der Waals surface area contributed by atoms with E-state index in [2.05, 4.69) is 75.6 Å². The molecule has 2 rings (SSSR count). The van der Waals surface area contributed by atoms with E-state index in [1.54, 1.807) is 7.11 Å². The van der Waals surface area contributed by atoms with E-state index in [0.29, 0.717) is 11.3 Å². The summed E-state index contributed by atoms with van der Waals surface area (Å²) >= 11 is 0.312. The average molecular weight is 733 g/mol. The standard InChI is InChI=1S/C19H23BrF2NO2Si.3C4H9.Sn/c1-19(2,3)26(5,6)25-17(13-8-10-16(21)23-18(13)22)14-11-12(20)7-9-15(14)24-4;3*1-3-4-2;/h7-9,11,17H,1-6H3;3*1,3-4H2,2H3;. The van der Waals surface area contributed by atoms with Crippen LogP contribution in [-0.2, 0) is 4.43 Å². The molecule has 220 valence electrons. The number of benzene rings is 1. The van der Waals surface area contributed by atoms with Crippen molar-refractivity contribution in [3.05, 3.63) is 51.8 Å². The number of rotatable bonds is 15. The van der Waals surface area contributed by atoms with Gasteiger partial charge < -0.3 is 0 Å². The zero-order valence-electron chi connectivity index (χ0n) is 25.6. The molecular formula is C31H50BrF2NO2SiSn. The van der Waals surface area contributed by atoms with Crippen LogP contribution in [0.2, 0.25) is 31.4 Å². The minimum atomic E-state index is -3.28. The van der Waals surface area contributed by atoms with Gasteiger partial charge in [-0.2, -0.15) is 0 Å². The first-order valence-corrected chi connectivity index (χ1v) is 25.8. The molecule has 1 aromatic carbocycles. The zero-order valence-corrected chi connectivity index (χ0v) is 31.1. The van der Waals surface area contributed by atoms with Crippen molar-refractivity contribution >= 4 is 46.2 Å². The first-order chi connectivity index (χ1) is 18.3. The van der Waals surface area contributed by atoms with Crippen LogP contribution < -0.4 is 8.32 Å². The molecule has 0 aliphatic carbocycles. The number of unbranched alkanes of at least 4 members (excludes halogenated alkanes) is 3. The van der Waals surface area contributed by atoms with Gasteiger partial charge in [-0.1, -0.05) is 0 Å². The van der Waals surface area contributed by atoms with Gasteiger partial charge in [0.2, 0.25) is 0 Å². The summed E-state index contributed by atoms with van der Waals surface area (Å²) in [6.07, 6.45) is 5.72. The summed E-state index contributed by atoms with van der Waals surface area (Å²) in [7, 11) is -0.778. The van der Waals surface area contributed by atoms with Crippen LogP contribution in [0.5, 0.6) is 5.75 Å². The molecule has 0 N–H and O–H groups in total. The predicted octanol–water partition coefficient (Wildman–Crippen LogP) is 10.3. The average Bonchev–Trinajstić information content (AvgIpc) is 2.87. The van der Waals surface area contributed by atoms with Gasteiger partial charge in [-0.3, -0.25) is 0 Å². The topological polar surface area (TPSA) is 31.4 Å². The molecule has 0 amide bonds. The third-order valence-electron chi connectivity index (χ3n) is 8.53. The molecular weight excluding hydrogens is 683 g/mol. The van der Waals surface area contributed by atoms with Crippen molar-refractivity contribution in [3.8, 4) is 5.75 Å². The Morgan fingerprint density at radius 3 is 1.90 bits per heavy atom. The number of nitrogens with zero attached hydrogens (tertiary/aromatic N) is 1. The van der Waals surface area contributed by atoms with E-state index in [0.717, 1.165) is 65.5 Å². The van der Waals surface area contributed by atoms with Crippen molar-refractivity contribution in [3.63, 3.8) is 0 Å². The molecule has 1 heterocycles. The van der Waals surface area contributed by atoms with Gasteiger partial charge in [0.25, 0.3) is 0 Å². The normalized spacial score (nSPS) is 13.5. The second-order valence-corrected chi connectivity index (χ2v) is 31.2. The predicted molar refractivity (Wildman–Crippen MR) is 170 cm³/mol. The second kappa shape index (κ2) is 15.1. The number of aromatic nitrogens is 1. The third-order valence-corrected chi connectivity index (χ3v) is 28.9. The number of halogens is 3. The summed E-state index contributed by atoms with van der Waals surface area (Å²) in [6.45, 7) is 17.4. The summed E-state index contributed by atoms with van der Waals surface area (Å²) in [5, 5.41) is -0.108. The summed E-state index contributed by atoms with van der Waals surface area (Å²) in [5.74, 6) is -0.767. The van der Waals surface area contributed by atoms with Crippen LogP contribution in [-0.4, -0.2) is 38.8 Å². The Hall–Kier alpha value is -0.514. The van der Waals surface area contributed by atoms with E-state index < -0.39 is 44.7 Å². The molecule has 2 aromatic rings. The Bertz CT molecular complexity index is 1060. The molecule has 0 aliphatic rings. The van der Waals surface area contributed by atoms with Gasteiger partial charge in [0.15, 0.2) is 0 Å². The zero-order chi connectivity index (χ0) is 29.4. The number of pyridine rings is 1. The fraction of sp³-hybridized carbons (Fsp3) is 0.645. The maximum absolute atomic E-state index is 15.9. The third kappa shape index (κ3) is 8.74. The Kier molecular flexibility index (Phi) is 13.4. The Balaban J connectivity index is 2.88. The molecule has 0 bridgehead atoms. The van der Waals surface area contributed by atoms with Crippen molar-refractivity contribution in [2.24, 2.45) is 0 Å². The molecule has 1 unspecified atom stereocenters. The SMILES string of the molecule is CCC[CH2][Sn]([CH2]CCC)([CH2]CCC)[c]1cc(C(O[Si](C)(C)C(C)(C)C)c2cc(Br)ccc2OC)c(F)nc1F. The van der Waals surface area contributed by atoms with E-state index in [1.807, 2.05) is 24.3 Å². The summed E-state index contributed by atoms with van der Waals surface area (Å²) in [4.78, 5) is 3.98. The minimum absolute atomic E-state index is 0.108. The fourth-order valence-electron chi connectivity index (χ4n) is 5.04. The summed E-state index contributed by atoms with van der Waals surface area (Å²) in [6, 6.07) is 7.54. The van der Waals surface area contributed by atoms with Gasteiger partial charge in [-0.25, -0.2) is 0 Å². The van der Waals surface area contributed by atoms with E-state index in [4.69, 9.17) is 9.16 Å². The van der Waals surface area contributed by atoms with Gasteiger partial charge >= 0.3 is 251 Å². The summed E-state index contributed by atoms with van der Waals surface area (Å²) in [5.41, 5.74) is 1.06. The van der Waals surface area contributed by atoms with E-state index in [1.165, 1.54) is 0 Å². The van der Waals surface area contributed by atoms with Crippen molar-refractivity contribution in [1.29, 1.82) is 0 Å². The number of methoxy groups -OCH3 is 1. The quantitative estimate of drug-likeness (QED) is 0.135. The van der Waals surface area contributed by atoms with Crippen LogP contribution in [0.25, 0.3) is 0 Å². The molecule has 1 atom stereocenters. The van der Waals surface area contributed by atoms with E-state index in [9.17, 15) is 0 Å². The first kappa shape index (κ1) is 34.7. The van der Waals surface area contributed by atoms with Gasteiger partial charge in [0.1, 0.15) is 0 Å². The van der Waals surface area contributed by atoms with Crippen LogP contribution in [0, 0.1) is 11.9 Å². The molecule has 0 aliphatic heterocycles. The molecule has 0 saturated heterocycles. The van der Waals surface area contributed by atoms with E-state index >= 15 is 8.78 Å². The molecule has 0 spiro atoms. The van der Waals surface area contributed by atoms with Crippen molar-refractivity contribution < 1.29 is 17.9 Å². The fourth-order valence-corrected chi connectivity index (χ4v) is 22.6. The Morgan fingerprint density at radius 2 is 1.44 bits per heavy atom. The molecule has 39 heavy (non-hydrogen) atoms. The molecule has 0 radical (unpaired) electrons. The molecule has 0 fully saturated rings. The van der Waals surface area contributed by atoms with Crippen molar-refractivity contribution in [2.75, 3.05) is 7.11 Å². The number of ether oxygens (including phenoxy) is 1. The van der Waals surface area contributed by atoms with E-state index in [-0.39, 0.29) is 5.04 Å². The van der Waals surface area contributed by atoms with Crippen molar-refractivity contribution in [2.45, 2.75) is 118 Å². The van der Waals surface area contributed by atoms with Crippen LogP contribution >= 0.6 is 15.9 Å².